The number of carbonyl (C=O) groups excluding carboxylic acids is 2. The number of amides is 1. The molecule has 0 aromatic heterocycles. The lowest BCUT2D eigenvalue weighted by molar-refractivity contribution is -0.161. The second-order valence-corrected chi connectivity index (χ2v) is 11.0. The Kier molecular flexibility index (Phi) is 7.86. The van der Waals surface area contributed by atoms with Crippen LogP contribution in [0.5, 0.6) is 0 Å². The third-order valence-corrected chi connectivity index (χ3v) is 6.55. The molecule has 182 valence electrons. The maximum atomic E-state index is 13.6. The first-order valence-corrected chi connectivity index (χ1v) is 12.1. The highest BCUT2D eigenvalue weighted by Crippen LogP contribution is 2.36. The quantitative estimate of drug-likeness (QED) is 0.502. The van der Waals surface area contributed by atoms with E-state index in [-0.39, 0.29) is 24.4 Å². The molecule has 33 heavy (non-hydrogen) atoms. The Morgan fingerprint density at radius 2 is 1.94 bits per heavy atom. The molecule has 0 N–H and O–H groups in total. The maximum absolute atomic E-state index is 13.6. The molecule has 1 aromatic carbocycles. The van der Waals surface area contributed by atoms with Gasteiger partial charge in [-0.05, 0) is 74.6 Å². The minimum atomic E-state index is -0.746. The van der Waals surface area contributed by atoms with Gasteiger partial charge in [-0.15, -0.1) is 0 Å². The monoisotopic (exact) mass is 459 g/mol. The average molecular weight is 460 g/mol. The highest BCUT2D eigenvalue weighted by atomic mass is 19.1. The largest absolute Gasteiger partial charge is 0.461 e. The number of benzene rings is 1. The highest BCUT2D eigenvalue weighted by molar-refractivity contribution is 5.84. The van der Waals surface area contributed by atoms with E-state index < -0.39 is 17.7 Å². The number of hydrogen-bond acceptors (Lipinski definition) is 4. The summed E-state index contributed by atoms with van der Waals surface area (Å²) >= 11 is 0. The van der Waals surface area contributed by atoms with E-state index in [0.29, 0.717) is 29.7 Å². The summed E-state index contributed by atoms with van der Waals surface area (Å²) in [6.07, 6.45) is 4.55. The Morgan fingerprint density at radius 1 is 1.21 bits per heavy atom. The molecular formula is C27H38FNO4. The zero-order valence-corrected chi connectivity index (χ0v) is 20.8. The van der Waals surface area contributed by atoms with Crippen LogP contribution in [0.15, 0.2) is 29.8 Å². The van der Waals surface area contributed by atoms with Gasteiger partial charge in [0.15, 0.2) is 0 Å². The summed E-state index contributed by atoms with van der Waals surface area (Å²) in [5.74, 6) is 0.543. The molecule has 3 rings (SSSR count). The molecule has 5 nitrogen and oxygen atoms in total. The van der Waals surface area contributed by atoms with Gasteiger partial charge in [0.2, 0.25) is 0 Å². The molecule has 0 spiro atoms. The van der Waals surface area contributed by atoms with Crippen LogP contribution >= 0.6 is 0 Å². The summed E-state index contributed by atoms with van der Waals surface area (Å²) in [6.45, 7) is 12.2. The number of hydrogen-bond donors (Lipinski definition) is 0. The van der Waals surface area contributed by atoms with Crippen LogP contribution in [0.25, 0.3) is 6.08 Å². The molecule has 0 bridgehead atoms. The number of esters is 1. The van der Waals surface area contributed by atoms with Gasteiger partial charge in [-0.1, -0.05) is 45.4 Å². The fourth-order valence-corrected chi connectivity index (χ4v) is 4.89. The van der Waals surface area contributed by atoms with Gasteiger partial charge in [-0.25, -0.2) is 14.0 Å². The van der Waals surface area contributed by atoms with Crippen LogP contribution in [-0.2, 0) is 14.3 Å². The van der Waals surface area contributed by atoms with Gasteiger partial charge in [-0.2, -0.15) is 0 Å². The Hall–Kier alpha value is -2.37. The zero-order chi connectivity index (χ0) is 24.3. The smallest absolute Gasteiger partial charge is 0.411 e. The van der Waals surface area contributed by atoms with Crippen LogP contribution in [0, 0.1) is 23.6 Å². The molecule has 4 unspecified atom stereocenters. The minimum Gasteiger partial charge on any atom is -0.461 e. The number of carbonyl (C=O) groups is 2. The van der Waals surface area contributed by atoms with Gasteiger partial charge < -0.3 is 9.47 Å². The molecule has 6 heteroatoms. The van der Waals surface area contributed by atoms with Crippen molar-refractivity contribution in [2.24, 2.45) is 17.8 Å². The number of halogens is 1. The molecule has 1 saturated carbocycles. The number of likely N-dealkylation sites (tertiary alicyclic amines) is 1. The first-order valence-electron chi connectivity index (χ1n) is 12.1. The SMILES string of the molecule is CC1CCC(C(C)C)C(OC(=O)C2C/C(=C\c3cccc(F)c3)CN2C(=O)OC(C)(C)C)C1. The summed E-state index contributed by atoms with van der Waals surface area (Å²) in [4.78, 5) is 27.8. The van der Waals surface area contributed by atoms with Crippen molar-refractivity contribution >= 4 is 18.1 Å². The van der Waals surface area contributed by atoms with Crippen LogP contribution in [-0.4, -0.2) is 41.3 Å². The summed E-state index contributed by atoms with van der Waals surface area (Å²) in [5, 5.41) is 0. The van der Waals surface area contributed by atoms with Crippen LogP contribution in [0.4, 0.5) is 9.18 Å². The molecule has 0 radical (unpaired) electrons. The van der Waals surface area contributed by atoms with Gasteiger partial charge in [0.05, 0.1) is 0 Å². The van der Waals surface area contributed by atoms with Crippen molar-refractivity contribution in [3.63, 3.8) is 0 Å². The second-order valence-electron chi connectivity index (χ2n) is 11.0. The van der Waals surface area contributed by atoms with E-state index in [9.17, 15) is 14.0 Å². The molecule has 1 saturated heterocycles. The topological polar surface area (TPSA) is 55.8 Å². The minimum absolute atomic E-state index is 0.141. The molecule has 1 aliphatic heterocycles. The zero-order valence-electron chi connectivity index (χ0n) is 20.8. The van der Waals surface area contributed by atoms with E-state index in [1.165, 1.54) is 17.0 Å². The molecular weight excluding hydrogens is 421 g/mol. The predicted molar refractivity (Wildman–Crippen MR) is 127 cm³/mol. The number of ether oxygens (including phenoxy) is 2. The van der Waals surface area contributed by atoms with E-state index in [1.54, 1.807) is 32.9 Å². The van der Waals surface area contributed by atoms with Crippen molar-refractivity contribution in [1.82, 2.24) is 4.90 Å². The molecule has 1 aromatic rings. The lowest BCUT2D eigenvalue weighted by Crippen LogP contribution is -2.46. The van der Waals surface area contributed by atoms with Crippen molar-refractivity contribution in [3.8, 4) is 0 Å². The van der Waals surface area contributed by atoms with Crippen molar-refractivity contribution < 1.29 is 23.5 Å². The van der Waals surface area contributed by atoms with Crippen molar-refractivity contribution in [2.75, 3.05) is 6.54 Å². The Balaban J connectivity index is 1.82. The van der Waals surface area contributed by atoms with Crippen molar-refractivity contribution in [1.29, 1.82) is 0 Å². The van der Waals surface area contributed by atoms with E-state index in [4.69, 9.17) is 9.47 Å². The second kappa shape index (κ2) is 10.3. The number of rotatable bonds is 4. The molecule has 2 fully saturated rings. The summed E-state index contributed by atoms with van der Waals surface area (Å²) in [7, 11) is 0. The molecule has 2 aliphatic rings. The summed E-state index contributed by atoms with van der Waals surface area (Å²) in [5.41, 5.74) is 0.886. The van der Waals surface area contributed by atoms with E-state index in [1.807, 2.05) is 6.08 Å². The maximum Gasteiger partial charge on any atom is 0.411 e. The number of nitrogens with zero attached hydrogens (tertiary/aromatic N) is 1. The van der Waals surface area contributed by atoms with Gasteiger partial charge >= 0.3 is 12.1 Å². The third kappa shape index (κ3) is 6.81. The average Bonchev–Trinajstić information content (AvgIpc) is 3.10. The Bertz CT molecular complexity index is 888. The van der Waals surface area contributed by atoms with Gasteiger partial charge in [0.1, 0.15) is 23.6 Å². The van der Waals surface area contributed by atoms with E-state index in [0.717, 1.165) is 24.8 Å². The summed E-state index contributed by atoms with van der Waals surface area (Å²) < 4.78 is 25.3. The molecule has 1 aliphatic carbocycles. The van der Waals surface area contributed by atoms with Crippen LogP contribution in [0.3, 0.4) is 0 Å². The van der Waals surface area contributed by atoms with E-state index >= 15 is 0 Å². The van der Waals surface area contributed by atoms with Crippen molar-refractivity contribution in [3.05, 3.63) is 41.2 Å². The van der Waals surface area contributed by atoms with Gasteiger partial charge in [-0.3, -0.25) is 4.90 Å². The fraction of sp³-hybridized carbons (Fsp3) is 0.630. The highest BCUT2D eigenvalue weighted by Gasteiger charge is 2.42. The lowest BCUT2D eigenvalue weighted by Gasteiger charge is -2.37. The molecule has 1 heterocycles. The summed E-state index contributed by atoms with van der Waals surface area (Å²) in [6, 6.07) is 5.53. The predicted octanol–water partition coefficient (Wildman–Crippen LogP) is 6.22. The lowest BCUT2D eigenvalue weighted by atomic mass is 9.75. The Labute approximate surface area is 197 Å². The van der Waals surface area contributed by atoms with Crippen LogP contribution < -0.4 is 0 Å². The van der Waals surface area contributed by atoms with Crippen LogP contribution in [0.2, 0.25) is 0 Å². The third-order valence-electron chi connectivity index (χ3n) is 6.55. The molecule has 4 atom stereocenters. The van der Waals surface area contributed by atoms with Gasteiger partial charge in [0, 0.05) is 13.0 Å². The molecule has 1 amide bonds. The first kappa shape index (κ1) is 25.3. The standard InChI is InChI=1S/C27H38FNO4/c1-17(2)22-11-10-18(3)12-24(22)32-25(30)23-15-20(13-19-8-7-9-21(28)14-19)16-29(23)26(31)33-27(4,5)6/h7-9,13-14,17-18,22-24H,10-12,15-16H2,1-6H3/b20-13+. The van der Waals surface area contributed by atoms with Gasteiger partial charge in [0.25, 0.3) is 0 Å². The Morgan fingerprint density at radius 3 is 2.58 bits per heavy atom. The van der Waals surface area contributed by atoms with Crippen LogP contribution in [0.1, 0.15) is 72.8 Å². The fourth-order valence-electron chi connectivity index (χ4n) is 4.89. The normalized spacial score (nSPS) is 27.2. The van der Waals surface area contributed by atoms with E-state index in [2.05, 4.69) is 20.8 Å². The van der Waals surface area contributed by atoms with Crippen molar-refractivity contribution in [2.45, 2.75) is 85.0 Å². The first-order chi connectivity index (χ1) is 15.4.